The number of benzene rings is 2. The van der Waals surface area contributed by atoms with E-state index in [1.165, 1.54) is 11.1 Å². The maximum absolute atomic E-state index is 11.4. The van der Waals surface area contributed by atoms with E-state index < -0.39 is 0 Å². The minimum absolute atomic E-state index is 0.132. The molecule has 1 N–H and O–H groups in total. The van der Waals surface area contributed by atoms with E-state index in [0.717, 1.165) is 75.3 Å². The van der Waals surface area contributed by atoms with Gasteiger partial charge in [0.15, 0.2) is 0 Å². The number of aromatic nitrogens is 2. The maximum Gasteiger partial charge on any atom is 0.219 e. The molecule has 0 aliphatic heterocycles. The lowest BCUT2D eigenvalue weighted by molar-refractivity contribution is -0.120. The van der Waals surface area contributed by atoms with Crippen LogP contribution < -0.4 is 10.1 Å². The molecule has 0 saturated heterocycles. The molecule has 0 radical (unpaired) electrons. The van der Waals surface area contributed by atoms with Gasteiger partial charge in [0.2, 0.25) is 5.91 Å². The molecule has 1 aromatic heterocycles. The number of ether oxygens (including phenoxy) is 1. The van der Waals surface area contributed by atoms with E-state index in [9.17, 15) is 4.79 Å². The summed E-state index contributed by atoms with van der Waals surface area (Å²) in [4.78, 5) is 16.3. The molecule has 1 amide bonds. The van der Waals surface area contributed by atoms with Crippen molar-refractivity contribution in [3.05, 3.63) is 59.9 Å². The van der Waals surface area contributed by atoms with Crippen LogP contribution in [0.1, 0.15) is 77.6 Å². The van der Waals surface area contributed by atoms with Crippen molar-refractivity contribution in [2.45, 2.75) is 84.6 Å². The largest absolute Gasteiger partial charge is 0.494 e. The molecule has 0 aliphatic rings. The van der Waals surface area contributed by atoms with Gasteiger partial charge in [-0.25, -0.2) is 4.98 Å². The first kappa shape index (κ1) is 25.8. The van der Waals surface area contributed by atoms with Gasteiger partial charge in [0.25, 0.3) is 0 Å². The third kappa shape index (κ3) is 7.61. The summed E-state index contributed by atoms with van der Waals surface area (Å²) in [5, 5.41) is 2.95. The van der Waals surface area contributed by atoms with Crippen molar-refractivity contribution < 1.29 is 9.53 Å². The number of rotatable bonds is 13. The Morgan fingerprint density at radius 2 is 1.74 bits per heavy atom. The Labute approximate surface area is 204 Å². The Morgan fingerprint density at radius 3 is 2.47 bits per heavy atom. The number of carbonyl (C=O) groups excluding carboxylic acids is 1. The highest BCUT2D eigenvalue weighted by molar-refractivity contribution is 5.76. The molecule has 0 fully saturated rings. The number of aryl methyl sites for hydroxylation is 2. The number of amides is 1. The summed E-state index contributed by atoms with van der Waals surface area (Å²) in [5.41, 5.74) is 3.77. The number of nitrogens with one attached hydrogen (secondary N) is 1. The van der Waals surface area contributed by atoms with Crippen LogP contribution in [-0.2, 0) is 23.2 Å². The molecule has 0 spiro atoms. The van der Waals surface area contributed by atoms with E-state index in [4.69, 9.17) is 9.72 Å². The van der Waals surface area contributed by atoms with Crippen LogP contribution in [0.25, 0.3) is 11.0 Å². The van der Waals surface area contributed by atoms with E-state index in [1.807, 2.05) is 6.92 Å². The molecular weight excluding hydrogens is 422 g/mol. The Kier molecular flexibility index (Phi) is 9.55. The van der Waals surface area contributed by atoms with E-state index in [1.54, 1.807) is 0 Å². The first-order chi connectivity index (χ1) is 16.4. The number of para-hydroxylation sites is 2. The average Bonchev–Trinajstić information content (AvgIpc) is 3.18. The number of hydrogen-bond donors (Lipinski definition) is 1. The topological polar surface area (TPSA) is 56.2 Å². The van der Waals surface area contributed by atoms with E-state index >= 15 is 0 Å². The molecular formula is C29H41N3O2. The zero-order chi connectivity index (χ0) is 24.4. The fourth-order valence-electron chi connectivity index (χ4n) is 4.12. The second-order valence-electron chi connectivity index (χ2n) is 10.0. The van der Waals surface area contributed by atoms with Gasteiger partial charge in [-0.3, -0.25) is 4.79 Å². The second kappa shape index (κ2) is 12.6. The molecule has 184 valence electrons. The van der Waals surface area contributed by atoms with Gasteiger partial charge in [-0.05, 0) is 60.9 Å². The third-order valence-corrected chi connectivity index (χ3v) is 6.22. The van der Waals surface area contributed by atoms with Crippen molar-refractivity contribution in [1.82, 2.24) is 14.9 Å². The fourth-order valence-corrected chi connectivity index (χ4v) is 4.12. The highest BCUT2D eigenvalue weighted by atomic mass is 16.5. The minimum Gasteiger partial charge on any atom is -0.494 e. The summed E-state index contributed by atoms with van der Waals surface area (Å²) in [6.45, 7) is 11.0. The van der Waals surface area contributed by atoms with Gasteiger partial charge in [-0.2, -0.15) is 0 Å². The molecule has 34 heavy (non-hydrogen) atoms. The maximum atomic E-state index is 11.4. The summed E-state index contributed by atoms with van der Waals surface area (Å²) >= 11 is 0. The lowest BCUT2D eigenvalue weighted by Gasteiger charge is -2.19. The second-order valence-corrected chi connectivity index (χ2v) is 10.0. The summed E-state index contributed by atoms with van der Waals surface area (Å²) in [7, 11) is 0. The lowest BCUT2D eigenvalue weighted by Crippen LogP contribution is -2.23. The summed E-state index contributed by atoms with van der Waals surface area (Å²) < 4.78 is 8.36. The third-order valence-electron chi connectivity index (χ3n) is 6.22. The van der Waals surface area contributed by atoms with Crippen LogP contribution >= 0.6 is 0 Å². The summed E-state index contributed by atoms with van der Waals surface area (Å²) in [6, 6.07) is 16.9. The van der Waals surface area contributed by atoms with Gasteiger partial charge in [0.05, 0.1) is 17.6 Å². The molecule has 0 unspecified atom stereocenters. The standard InChI is InChI=1S/C29H41N3O2/c1-5-28(33)30-20-10-6-7-15-27-31-25-13-8-9-14-26(25)32(27)21-11-12-22-34-24-18-16-23(17-19-24)29(2,3)4/h8-9,13-14,16-19H,5-7,10-12,15,20-22H2,1-4H3,(H,30,33). The van der Waals surface area contributed by atoms with E-state index in [0.29, 0.717) is 6.42 Å². The summed E-state index contributed by atoms with van der Waals surface area (Å²) in [5.74, 6) is 2.24. The van der Waals surface area contributed by atoms with Gasteiger partial charge in [0, 0.05) is 25.9 Å². The molecule has 3 rings (SSSR count). The predicted octanol–water partition coefficient (Wildman–Crippen LogP) is 6.43. The molecule has 2 aromatic carbocycles. The summed E-state index contributed by atoms with van der Waals surface area (Å²) in [6.07, 6.45) is 6.76. The highest BCUT2D eigenvalue weighted by Crippen LogP contribution is 2.24. The lowest BCUT2D eigenvalue weighted by atomic mass is 9.87. The van der Waals surface area contributed by atoms with Crippen LogP contribution in [0.2, 0.25) is 0 Å². The zero-order valence-corrected chi connectivity index (χ0v) is 21.4. The number of nitrogens with zero attached hydrogens (tertiary/aromatic N) is 2. The zero-order valence-electron chi connectivity index (χ0n) is 21.4. The van der Waals surface area contributed by atoms with Crippen LogP contribution in [0.3, 0.4) is 0 Å². The Morgan fingerprint density at radius 1 is 0.971 bits per heavy atom. The number of unbranched alkanes of at least 4 members (excludes halogenated alkanes) is 3. The van der Waals surface area contributed by atoms with Crippen molar-refractivity contribution in [3.63, 3.8) is 0 Å². The van der Waals surface area contributed by atoms with Gasteiger partial charge in [-0.15, -0.1) is 0 Å². The van der Waals surface area contributed by atoms with Crippen LogP contribution in [0, 0.1) is 0 Å². The molecule has 0 aliphatic carbocycles. The van der Waals surface area contributed by atoms with Gasteiger partial charge < -0.3 is 14.6 Å². The van der Waals surface area contributed by atoms with Crippen LogP contribution in [0.5, 0.6) is 5.75 Å². The highest BCUT2D eigenvalue weighted by Gasteiger charge is 2.13. The first-order valence-corrected chi connectivity index (χ1v) is 12.8. The smallest absolute Gasteiger partial charge is 0.219 e. The molecule has 0 bridgehead atoms. The average molecular weight is 464 g/mol. The Balaban J connectivity index is 1.46. The minimum atomic E-state index is 0.132. The fraction of sp³-hybridized carbons (Fsp3) is 0.517. The normalized spacial score (nSPS) is 11.6. The monoisotopic (exact) mass is 463 g/mol. The number of carbonyl (C=O) groups is 1. The van der Waals surface area contributed by atoms with Crippen molar-refractivity contribution in [1.29, 1.82) is 0 Å². The van der Waals surface area contributed by atoms with Gasteiger partial charge >= 0.3 is 0 Å². The molecule has 5 heteroatoms. The van der Waals surface area contributed by atoms with Crippen LogP contribution in [0.4, 0.5) is 0 Å². The molecule has 0 saturated carbocycles. The Bertz CT molecular complexity index is 1030. The van der Waals surface area contributed by atoms with Crippen LogP contribution in [0.15, 0.2) is 48.5 Å². The molecule has 3 aromatic rings. The quantitative estimate of drug-likeness (QED) is 0.297. The molecule has 5 nitrogen and oxygen atoms in total. The SMILES string of the molecule is CCC(=O)NCCCCCc1nc2ccccc2n1CCCCOc1ccc(C(C)(C)C)cc1. The molecule has 0 atom stereocenters. The van der Waals surface area contributed by atoms with Crippen LogP contribution in [-0.4, -0.2) is 28.6 Å². The van der Waals surface area contributed by atoms with Crippen molar-refractivity contribution in [2.75, 3.05) is 13.2 Å². The van der Waals surface area contributed by atoms with Gasteiger partial charge in [-0.1, -0.05) is 58.4 Å². The van der Waals surface area contributed by atoms with Crippen molar-refractivity contribution in [3.8, 4) is 5.75 Å². The van der Waals surface area contributed by atoms with Gasteiger partial charge in [0.1, 0.15) is 11.6 Å². The van der Waals surface area contributed by atoms with E-state index in [2.05, 4.69) is 79.2 Å². The first-order valence-electron chi connectivity index (χ1n) is 12.8. The van der Waals surface area contributed by atoms with E-state index in [-0.39, 0.29) is 11.3 Å². The predicted molar refractivity (Wildman–Crippen MR) is 140 cm³/mol. The van der Waals surface area contributed by atoms with Crippen molar-refractivity contribution in [2.24, 2.45) is 0 Å². The number of hydrogen-bond acceptors (Lipinski definition) is 3. The van der Waals surface area contributed by atoms with Crippen molar-refractivity contribution >= 4 is 16.9 Å². The Hall–Kier alpha value is -2.82. The number of imidazole rings is 1. The molecule has 1 heterocycles. The number of fused-ring (bicyclic) bond motifs is 1.